The Balaban J connectivity index is 4.55. The fourth-order valence-electron chi connectivity index (χ4n) is 0.304. The Labute approximate surface area is 64.1 Å². The predicted octanol–water partition coefficient (Wildman–Crippen LogP) is 0.515. The second kappa shape index (κ2) is 2.88. The molecule has 1 unspecified atom stereocenters. The molecule has 0 fully saturated rings. The third-order valence-corrected chi connectivity index (χ3v) is 1.49. The molecular formula is C6H8O3S. The van der Waals surface area contributed by atoms with Gasteiger partial charge < -0.3 is 5.11 Å². The molecule has 4 heteroatoms. The number of ketones is 1. The SMILES string of the molecule is C=CC(=O)C(C)(S)C(=O)O. The van der Waals surface area contributed by atoms with Gasteiger partial charge in [-0.2, -0.15) is 12.6 Å². The molecule has 0 aliphatic rings. The number of thiol groups is 1. The van der Waals surface area contributed by atoms with Crippen LogP contribution in [-0.2, 0) is 9.59 Å². The van der Waals surface area contributed by atoms with E-state index in [0.29, 0.717) is 0 Å². The number of carboxylic acid groups (broad SMARTS) is 1. The molecule has 56 valence electrons. The van der Waals surface area contributed by atoms with Gasteiger partial charge in [-0.25, -0.2) is 0 Å². The van der Waals surface area contributed by atoms with Crippen molar-refractivity contribution in [2.75, 3.05) is 0 Å². The first kappa shape index (κ1) is 9.23. The summed E-state index contributed by atoms with van der Waals surface area (Å²) >= 11 is 3.64. The van der Waals surface area contributed by atoms with Crippen LogP contribution in [0, 0.1) is 0 Å². The van der Waals surface area contributed by atoms with E-state index in [0.717, 1.165) is 6.08 Å². The lowest BCUT2D eigenvalue weighted by Gasteiger charge is -2.12. The molecule has 0 bridgehead atoms. The van der Waals surface area contributed by atoms with Crippen molar-refractivity contribution in [2.45, 2.75) is 11.7 Å². The van der Waals surface area contributed by atoms with Gasteiger partial charge in [-0.05, 0) is 13.0 Å². The smallest absolute Gasteiger partial charge is 0.327 e. The van der Waals surface area contributed by atoms with Gasteiger partial charge in [0.1, 0.15) is 0 Å². The van der Waals surface area contributed by atoms with Gasteiger partial charge in [0.25, 0.3) is 0 Å². The molecule has 0 spiro atoms. The van der Waals surface area contributed by atoms with Crippen LogP contribution in [0.3, 0.4) is 0 Å². The van der Waals surface area contributed by atoms with Crippen molar-refractivity contribution in [3.05, 3.63) is 12.7 Å². The Kier molecular flexibility index (Phi) is 2.65. The highest BCUT2D eigenvalue weighted by molar-refractivity contribution is 7.83. The molecule has 0 aliphatic heterocycles. The molecule has 0 amide bonds. The van der Waals surface area contributed by atoms with Crippen LogP contribution in [-0.4, -0.2) is 21.6 Å². The number of carbonyl (C=O) groups is 2. The summed E-state index contributed by atoms with van der Waals surface area (Å²) in [5.41, 5.74) is 0. The number of rotatable bonds is 3. The highest BCUT2D eigenvalue weighted by Gasteiger charge is 2.34. The summed E-state index contributed by atoms with van der Waals surface area (Å²) in [7, 11) is 0. The van der Waals surface area contributed by atoms with E-state index >= 15 is 0 Å². The van der Waals surface area contributed by atoms with E-state index in [1.165, 1.54) is 6.92 Å². The maximum atomic E-state index is 10.7. The maximum absolute atomic E-state index is 10.7. The Morgan fingerprint density at radius 2 is 2.10 bits per heavy atom. The van der Waals surface area contributed by atoms with E-state index in [4.69, 9.17) is 5.11 Å². The van der Waals surface area contributed by atoms with E-state index in [-0.39, 0.29) is 0 Å². The van der Waals surface area contributed by atoms with Crippen LogP contribution in [0.5, 0.6) is 0 Å². The van der Waals surface area contributed by atoms with Crippen molar-refractivity contribution >= 4 is 24.4 Å². The van der Waals surface area contributed by atoms with E-state index in [9.17, 15) is 9.59 Å². The van der Waals surface area contributed by atoms with Gasteiger partial charge in [0.2, 0.25) is 0 Å². The molecule has 0 radical (unpaired) electrons. The van der Waals surface area contributed by atoms with Gasteiger partial charge in [-0.15, -0.1) is 0 Å². The van der Waals surface area contributed by atoms with Crippen molar-refractivity contribution in [1.82, 2.24) is 0 Å². The van der Waals surface area contributed by atoms with Gasteiger partial charge in [0.15, 0.2) is 10.5 Å². The molecule has 0 heterocycles. The van der Waals surface area contributed by atoms with Crippen LogP contribution in [0.15, 0.2) is 12.7 Å². The Morgan fingerprint density at radius 3 is 2.20 bits per heavy atom. The molecule has 0 aromatic carbocycles. The number of allylic oxidation sites excluding steroid dienone is 1. The van der Waals surface area contributed by atoms with E-state index < -0.39 is 16.5 Å². The number of carbonyl (C=O) groups excluding carboxylic acids is 1. The third-order valence-electron chi connectivity index (χ3n) is 1.08. The zero-order valence-corrected chi connectivity index (χ0v) is 6.39. The fraction of sp³-hybridized carbons (Fsp3) is 0.333. The number of hydrogen-bond acceptors (Lipinski definition) is 3. The average molecular weight is 160 g/mol. The minimum Gasteiger partial charge on any atom is -0.480 e. The summed E-state index contributed by atoms with van der Waals surface area (Å²) < 4.78 is -1.64. The summed E-state index contributed by atoms with van der Waals surface area (Å²) in [5.74, 6) is -1.87. The summed E-state index contributed by atoms with van der Waals surface area (Å²) in [5, 5.41) is 8.40. The Hall–Kier alpha value is -0.770. The molecule has 3 nitrogen and oxygen atoms in total. The molecule has 0 rings (SSSR count). The highest BCUT2D eigenvalue weighted by atomic mass is 32.1. The van der Waals surface area contributed by atoms with Crippen LogP contribution >= 0.6 is 12.6 Å². The molecule has 0 saturated carbocycles. The lowest BCUT2D eigenvalue weighted by molar-refractivity contribution is -0.142. The molecule has 0 aliphatic carbocycles. The van der Waals surface area contributed by atoms with Crippen LogP contribution in [0.25, 0.3) is 0 Å². The van der Waals surface area contributed by atoms with Crippen molar-refractivity contribution in [2.24, 2.45) is 0 Å². The number of hydrogen-bond donors (Lipinski definition) is 2. The van der Waals surface area contributed by atoms with Gasteiger partial charge >= 0.3 is 5.97 Å². The molecule has 10 heavy (non-hydrogen) atoms. The summed E-state index contributed by atoms with van der Waals surface area (Å²) in [6.45, 7) is 4.36. The standard InChI is InChI=1S/C6H8O3S/c1-3-4(7)6(2,10)5(8)9/h3,10H,1H2,2H3,(H,8,9). The topological polar surface area (TPSA) is 54.4 Å². The maximum Gasteiger partial charge on any atom is 0.327 e. The first-order valence-electron chi connectivity index (χ1n) is 2.55. The second-order valence-corrected chi connectivity index (χ2v) is 2.84. The average Bonchev–Trinajstić information content (AvgIpc) is 1.86. The van der Waals surface area contributed by atoms with Crippen LogP contribution in [0.1, 0.15) is 6.92 Å². The van der Waals surface area contributed by atoms with Crippen molar-refractivity contribution in [1.29, 1.82) is 0 Å². The number of carboxylic acids is 1. The van der Waals surface area contributed by atoms with Gasteiger partial charge in [0, 0.05) is 0 Å². The van der Waals surface area contributed by atoms with Crippen molar-refractivity contribution < 1.29 is 14.7 Å². The second-order valence-electron chi connectivity index (χ2n) is 1.95. The molecule has 1 atom stereocenters. The first-order chi connectivity index (χ1) is 4.42. The minimum absolute atomic E-state index is 0.608. The van der Waals surface area contributed by atoms with Gasteiger partial charge in [0.05, 0.1) is 0 Å². The van der Waals surface area contributed by atoms with Gasteiger partial charge in [-0.1, -0.05) is 6.58 Å². The Morgan fingerprint density at radius 1 is 1.70 bits per heavy atom. The van der Waals surface area contributed by atoms with Crippen molar-refractivity contribution in [3.8, 4) is 0 Å². The number of aliphatic carboxylic acids is 1. The molecular weight excluding hydrogens is 152 g/mol. The summed E-state index contributed by atoms with van der Waals surface area (Å²) in [6, 6.07) is 0. The van der Waals surface area contributed by atoms with Crippen LogP contribution in [0.2, 0.25) is 0 Å². The first-order valence-corrected chi connectivity index (χ1v) is 3.00. The zero-order chi connectivity index (χ0) is 8.36. The lowest BCUT2D eigenvalue weighted by atomic mass is 10.1. The largest absolute Gasteiger partial charge is 0.480 e. The highest BCUT2D eigenvalue weighted by Crippen LogP contribution is 2.14. The quantitative estimate of drug-likeness (QED) is 0.359. The third kappa shape index (κ3) is 1.60. The van der Waals surface area contributed by atoms with E-state index in [1.807, 2.05) is 0 Å². The molecule has 0 aromatic rings. The fourth-order valence-corrected chi connectivity index (χ4v) is 0.395. The predicted molar refractivity (Wildman–Crippen MR) is 40.2 cm³/mol. The normalized spacial score (nSPS) is 15.4. The Bertz CT molecular complexity index is 183. The molecule has 0 aromatic heterocycles. The summed E-state index contributed by atoms with van der Waals surface area (Å²) in [6.07, 6.45) is 0.946. The molecule has 1 N–H and O–H groups in total. The minimum atomic E-state index is -1.64. The van der Waals surface area contributed by atoms with Crippen LogP contribution < -0.4 is 0 Å². The zero-order valence-electron chi connectivity index (χ0n) is 5.50. The molecule has 0 saturated heterocycles. The lowest BCUT2D eigenvalue weighted by Crippen LogP contribution is -2.36. The monoisotopic (exact) mass is 160 g/mol. The van der Waals surface area contributed by atoms with E-state index in [2.05, 4.69) is 19.2 Å². The van der Waals surface area contributed by atoms with Crippen molar-refractivity contribution in [3.63, 3.8) is 0 Å². The summed E-state index contributed by atoms with van der Waals surface area (Å²) in [4.78, 5) is 21.0. The van der Waals surface area contributed by atoms with Gasteiger partial charge in [-0.3, -0.25) is 9.59 Å². The van der Waals surface area contributed by atoms with E-state index in [1.54, 1.807) is 0 Å². The van der Waals surface area contributed by atoms with Crippen LogP contribution in [0.4, 0.5) is 0 Å².